The second kappa shape index (κ2) is 8.30. The third-order valence-corrected chi connectivity index (χ3v) is 6.48. The summed E-state index contributed by atoms with van der Waals surface area (Å²) in [5.74, 6) is -1.65. The van der Waals surface area contributed by atoms with Gasteiger partial charge in [0.2, 0.25) is 5.91 Å². The fraction of sp³-hybridized carbons (Fsp3) is 0.400. The van der Waals surface area contributed by atoms with E-state index in [1.54, 1.807) is 0 Å². The van der Waals surface area contributed by atoms with Gasteiger partial charge in [0.1, 0.15) is 17.7 Å². The number of carboxylic acid groups (broad SMARTS) is 1. The van der Waals surface area contributed by atoms with E-state index in [1.165, 1.54) is 6.92 Å². The molecule has 168 valence electrons. The van der Waals surface area contributed by atoms with E-state index in [-0.39, 0.29) is 12.5 Å². The molecule has 0 bridgehead atoms. The van der Waals surface area contributed by atoms with Crippen molar-refractivity contribution in [1.82, 2.24) is 10.6 Å². The maximum absolute atomic E-state index is 12.8. The SMILES string of the molecule is CCCC(C)(NC(=O)C1(NC(=O)OCC2c3ccccc3-c3ccccc32)CC1)C(=O)O. The number of rotatable bonds is 8. The number of benzene rings is 2. The number of ether oxygens (including phenoxy) is 1. The van der Waals surface area contributed by atoms with Crippen LogP contribution in [0.1, 0.15) is 56.6 Å². The standard InChI is InChI=1S/C25H28N2O5/c1-3-12-24(2,22(29)30)26-21(28)25(13-14-25)27-23(31)32-15-20-18-10-6-4-8-16(18)17-9-5-7-11-19(17)20/h4-11,20H,3,12-15H2,1-2H3,(H,26,28)(H,27,31)(H,29,30). The lowest BCUT2D eigenvalue weighted by Gasteiger charge is -2.28. The number of carbonyl (C=O) groups is 3. The molecule has 7 nitrogen and oxygen atoms in total. The molecule has 32 heavy (non-hydrogen) atoms. The highest BCUT2D eigenvalue weighted by atomic mass is 16.5. The molecule has 2 amide bonds. The van der Waals surface area contributed by atoms with Gasteiger partial charge in [-0.05, 0) is 48.4 Å². The average molecular weight is 437 g/mol. The first-order chi connectivity index (χ1) is 15.3. The second-order valence-corrected chi connectivity index (χ2v) is 8.87. The minimum absolute atomic E-state index is 0.0722. The van der Waals surface area contributed by atoms with E-state index in [0.717, 1.165) is 22.3 Å². The first-order valence-corrected chi connectivity index (χ1v) is 11.0. The molecule has 0 saturated heterocycles. The number of hydrogen-bond donors (Lipinski definition) is 3. The largest absolute Gasteiger partial charge is 0.480 e. The van der Waals surface area contributed by atoms with Crippen molar-refractivity contribution in [2.75, 3.05) is 6.61 Å². The Morgan fingerprint density at radius 3 is 2.12 bits per heavy atom. The minimum Gasteiger partial charge on any atom is -0.480 e. The van der Waals surface area contributed by atoms with Crippen LogP contribution in [0, 0.1) is 0 Å². The van der Waals surface area contributed by atoms with Crippen LogP contribution in [-0.2, 0) is 14.3 Å². The van der Waals surface area contributed by atoms with E-state index in [9.17, 15) is 19.5 Å². The predicted molar refractivity (Wildman–Crippen MR) is 119 cm³/mol. The molecule has 1 atom stereocenters. The fourth-order valence-electron chi connectivity index (χ4n) is 4.46. The Hall–Kier alpha value is -3.35. The lowest BCUT2D eigenvalue weighted by molar-refractivity contribution is -0.147. The Morgan fingerprint density at radius 2 is 1.62 bits per heavy atom. The molecule has 0 heterocycles. The third kappa shape index (κ3) is 3.95. The van der Waals surface area contributed by atoms with Gasteiger partial charge in [-0.1, -0.05) is 61.9 Å². The highest BCUT2D eigenvalue weighted by Crippen LogP contribution is 2.44. The van der Waals surface area contributed by atoms with Crippen molar-refractivity contribution in [2.24, 2.45) is 0 Å². The highest BCUT2D eigenvalue weighted by molar-refractivity contribution is 5.96. The Bertz CT molecular complexity index is 1020. The summed E-state index contributed by atoms with van der Waals surface area (Å²) in [6.45, 7) is 3.50. The molecule has 2 aliphatic carbocycles. The number of amides is 2. The molecule has 0 spiro atoms. The molecule has 1 unspecified atom stereocenters. The Balaban J connectivity index is 1.40. The van der Waals surface area contributed by atoms with Gasteiger partial charge < -0.3 is 20.5 Å². The van der Waals surface area contributed by atoms with Crippen LogP contribution >= 0.6 is 0 Å². The van der Waals surface area contributed by atoms with E-state index in [2.05, 4.69) is 22.8 Å². The molecule has 7 heteroatoms. The zero-order valence-corrected chi connectivity index (χ0v) is 18.3. The van der Waals surface area contributed by atoms with Crippen LogP contribution in [0.2, 0.25) is 0 Å². The first kappa shape index (κ1) is 21.9. The predicted octanol–water partition coefficient (Wildman–Crippen LogP) is 3.82. The van der Waals surface area contributed by atoms with Crippen LogP contribution in [-0.4, -0.2) is 40.8 Å². The monoisotopic (exact) mass is 436 g/mol. The third-order valence-electron chi connectivity index (χ3n) is 6.48. The second-order valence-electron chi connectivity index (χ2n) is 8.87. The number of carbonyl (C=O) groups excluding carboxylic acids is 2. The Kier molecular flexibility index (Phi) is 5.67. The molecule has 0 aromatic heterocycles. The van der Waals surface area contributed by atoms with Crippen LogP contribution in [0.5, 0.6) is 0 Å². The van der Waals surface area contributed by atoms with Crippen molar-refractivity contribution < 1.29 is 24.2 Å². The molecule has 2 aliphatic rings. The van der Waals surface area contributed by atoms with Crippen LogP contribution in [0.3, 0.4) is 0 Å². The first-order valence-electron chi connectivity index (χ1n) is 11.0. The summed E-state index contributed by atoms with van der Waals surface area (Å²) in [5.41, 5.74) is 2.02. The maximum Gasteiger partial charge on any atom is 0.408 e. The highest BCUT2D eigenvalue weighted by Gasteiger charge is 2.53. The van der Waals surface area contributed by atoms with E-state index in [1.807, 2.05) is 43.3 Å². The molecule has 2 aromatic carbocycles. The molecule has 3 N–H and O–H groups in total. The zero-order valence-electron chi connectivity index (χ0n) is 18.3. The Morgan fingerprint density at radius 1 is 1.06 bits per heavy atom. The van der Waals surface area contributed by atoms with Crippen molar-refractivity contribution >= 4 is 18.0 Å². The number of alkyl carbamates (subject to hydrolysis) is 1. The lowest BCUT2D eigenvalue weighted by Crippen LogP contribution is -2.59. The van der Waals surface area contributed by atoms with E-state index in [4.69, 9.17) is 4.74 Å². The van der Waals surface area contributed by atoms with Crippen molar-refractivity contribution in [3.63, 3.8) is 0 Å². The molecule has 0 aliphatic heterocycles. The average Bonchev–Trinajstić information content (AvgIpc) is 3.48. The molecule has 2 aromatic rings. The van der Waals surface area contributed by atoms with Gasteiger partial charge in [-0.3, -0.25) is 4.79 Å². The van der Waals surface area contributed by atoms with Gasteiger partial charge in [0, 0.05) is 5.92 Å². The minimum atomic E-state index is -1.37. The number of carboxylic acids is 1. The summed E-state index contributed by atoms with van der Waals surface area (Å²) in [4.78, 5) is 37.0. The summed E-state index contributed by atoms with van der Waals surface area (Å²) in [6.07, 6.45) is 1.13. The van der Waals surface area contributed by atoms with Gasteiger partial charge in [0.15, 0.2) is 0 Å². The van der Waals surface area contributed by atoms with E-state index < -0.39 is 29.0 Å². The van der Waals surface area contributed by atoms with Crippen molar-refractivity contribution in [2.45, 2.75) is 56.5 Å². The quantitative estimate of drug-likeness (QED) is 0.584. The summed E-state index contributed by atoms with van der Waals surface area (Å²) in [7, 11) is 0. The normalized spacial score (nSPS) is 17.4. The van der Waals surface area contributed by atoms with Crippen LogP contribution in [0.4, 0.5) is 4.79 Å². The zero-order chi connectivity index (χ0) is 22.9. The number of fused-ring (bicyclic) bond motifs is 3. The van der Waals surface area contributed by atoms with E-state index >= 15 is 0 Å². The van der Waals surface area contributed by atoms with Crippen molar-refractivity contribution in [1.29, 1.82) is 0 Å². The smallest absolute Gasteiger partial charge is 0.408 e. The summed E-state index contributed by atoms with van der Waals surface area (Å²) >= 11 is 0. The van der Waals surface area contributed by atoms with Crippen molar-refractivity contribution in [3.05, 3.63) is 59.7 Å². The molecule has 1 fully saturated rings. The summed E-state index contributed by atoms with van der Waals surface area (Å²) in [6, 6.07) is 16.1. The molecule has 1 saturated carbocycles. The molecular weight excluding hydrogens is 408 g/mol. The lowest BCUT2D eigenvalue weighted by atomic mass is 9.95. The Labute approximate surface area is 187 Å². The van der Waals surface area contributed by atoms with Gasteiger partial charge in [0.25, 0.3) is 0 Å². The fourth-order valence-corrected chi connectivity index (χ4v) is 4.46. The summed E-state index contributed by atoms with van der Waals surface area (Å²) in [5, 5.41) is 14.8. The van der Waals surface area contributed by atoms with Crippen LogP contribution in [0.25, 0.3) is 11.1 Å². The summed E-state index contributed by atoms with van der Waals surface area (Å²) < 4.78 is 5.54. The van der Waals surface area contributed by atoms with Gasteiger partial charge in [-0.2, -0.15) is 0 Å². The number of nitrogens with one attached hydrogen (secondary N) is 2. The number of aliphatic carboxylic acids is 1. The molecule has 4 rings (SSSR count). The van der Waals surface area contributed by atoms with Crippen molar-refractivity contribution in [3.8, 4) is 11.1 Å². The van der Waals surface area contributed by atoms with Gasteiger partial charge >= 0.3 is 12.1 Å². The van der Waals surface area contributed by atoms with Gasteiger partial charge in [-0.15, -0.1) is 0 Å². The van der Waals surface area contributed by atoms with Crippen LogP contribution in [0.15, 0.2) is 48.5 Å². The molecule has 0 radical (unpaired) electrons. The topological polar surface area (TPSA) is 105 Å². The molecular formula is C25H28N2O5. The maximum atomic E-state index is 12.8. The number of hydrogen-bond acceptors (Lipinski definition) is 4. The van der Waals surface area contributed by atoms with Gasteiger partial charge in [0.05, 0.1) is 0 Å². The van der Waals surface area contributed by atoms with Gasteiger partial charge in [-0.25, -0.2) is 9.59 Å². The van der Waals surface area contributed by atoms with Crippen LogP contribution < -0.4 is 10.6 Å². The van der Waals surface area contributed by atoms with E-state index in [0.29, 0.717) is 25.7 Å².